The smallest absolute Gasteiger partial charge is 0.350 e. The van der Waals surface area contributed by atoms with Gasteiger partial charge in [0.05, 0.1) is 0 Å². The third-order valence-electron chi connectivity index (χ3n) is 4.37. The van der Waals surface area contributed by atoms with Crippen molar-refractivity contribution in [3.05, 3.63) is 77.4 Å². The second kappa shape index (κ2) is 8.60. The van der Waals surface area contributed by atoms with E-state index in [0.29, 0.717) is 5.57 Å². The Hall–Kier alpha value is -3.30. The fraction of sp³-hybridized carbons (Fsp3) is 0.208. The fourth-order valence-corrected chi connectivity index (χ4v) is 4.05. The summed E-state index contributed by atoms with van der Waals surface area (Å²) in [6, 6.07) is 17.3. The van der Waals surface area contributed by atoms with E-state index in [1.165, 1.54) is 6.92 Å². The first-order valence-electron chi connectivity index (χ1n) is 9.30. The Balaban J connectivity index is 1.99. The summed E-state index contributed by atoms with van der Waals surface area (Å²) in [5.74, 6) is -1.33. The molecule has 0 aliphatic carbocycles. The number of carbonyl (C=O) groups excluding carboxylic acids is 2. The van der Waals surface area contributed by atoms with Gasteiger partial charge in [-0.05, 0) is 44.0 Å². The van der Waals surface area contributed by atoms with Gasteiger partial charge in [0, 0.05) is 20.9 Å². The van der Waals surface area contributed by atoms with Gasteiger partial charge in [-0.1, -0.05) is 54.7 Å². The molecule has 0 bridgehead atoms. The Morgan fingerprint density at radius 1 is 1.03 bits per heavy atom. The van der Waals surface area contributed by atoms with Crippen molar-refractivity contribution in [1.29, 1.82) is 5.26 Å². The Morgan fingerprint density at radius 3 is 2.07 bits per heavy atom. The molecule has 1 aliphatic heterocycles. The zero-order chi connectivity index (χ0) is 21.9. The van der Waals surface area contributed by atoms with Gasteiger partial charge < -0.3 is 9.47 Å². The molecule has 0 radical (unpaired) electrons. The zero-order valence-corrected chi connectivity index (χ0v) is 17.8. The highest BCUT2D eigenvalue weighted by Gasteiger charge is 2.31. The lowest BCUT2D eigenvalue weighted by Crippen LogP contribution is -2.35. The van der Waals surface area contributed by atoms with Crippen molar-refractivity contribution in [2.24, 2.45) is 0 Å². The van der Waals surface area contributed by atoms with Gasteiger partial charge in [0.15, 0.2) is 0 Å². The maximum Gasteiger partial charge on any atom is 0.350 e. The minimum Gasteiger partial charge on any atom is -0.458 e. The van der Waals surface area contributed by atoms with Gasteiger partial charge in [-0.3, -0.25) is 0 Å². The number of rotatable bonds is 5. The van der Waals surface area contributed by atoms with E-state index in [4.69, 9.17) is 9.47 Å². The summed E-state index contributed by atoms with van der Waals surface area (Å²) < 4.78 is 10.7. The van der Waals surface area contributed by atoms with Gasteiger partial charge in [0.25, 0.3) is 0 Å². The number of nitriles is 1. The SMILES string of the molecule is C=C(C)C(=O)OCC(C)(C)OC(=O)C(C#N)=C1c2ccccc2Sc2ccccc21. The fourth-order valence-electron chi connectivity index (χ4n) is 2.95. The van der Waals surface area contributed by atoms with Crippen LogP contribution in [-0.2, 0) is 19.1 Å². The van der Waals surface area contributed by atoms with Crippen LogP contribution in [0.1, 0.15) is 31.9 Å². The number of hydrogen-bond donors (Lipinski definition) is 0. The normalized spacial score (nSPS) is 12.1. The molecule has 1 aliphatic rings. The first-order valence-corrected chi connectivity index (χ1v) is 10.1. The lowest BCUT2D eigenvalue weighted by molar-refractivity contribution is -0.162. The number of fused-ring (bicyclic) bond motifs is 2. The summed E-state index contributed by atoms with van der Waals surface area (Å²) in [5.41, 5.74) is 1.21. The maximum absolute atomic E-state index is 13.0. The monoisotopic (exact) mass is 419 g/mol. The lowest BCUT2D eigenvalue weighted by Gasteiger charge is -2.26. The first kappa shape index (κ1) is 21.4. The molecule has 0 amide bonds. The molecule has 2 aromatic rings. The number of nitrogens with zero attached hydrogens (tertiary/aromatic N) is 1. The summed E-state index contributed by atoms with van der Waals surface area (Å²) in [6.45, 7) is 8.15. The third-order valence-corrected chi connectivity index (χ3v) is 5.52. The van der Waals surface area contributed by atoms with Gasteiger partial charge in [0.1, 0.15) is 23.9 Å². The van der Waals surface area contributed by atoms with E-state index in [2.05, 4.69) is 6.58 Å². The molecule has 0 fully saturated rings. The molecule has 0 atom stereocenters. The van der Waals surface area contributed by atoms with E-state index in [1.807, 2.05) is 54.6 Å². The molecular weight excluding hydrogens is 398 g/mol. The molecule has 152 valence electrons. The Labute approximate surface area is 180 Å². The topological polar surface area (TPSA) is 76.4 Å². The number of hydrogen-bond acceptors (Lipinski definition) is 6. The second-order valence-electron chi connectivity index (χ2n) is 7.46. The molecule has 0 aromatic heterocycles. The summed E-state index contributed by atoms with van der Waals surface area (Å²) in [5, 5.41) is 9.88. The number of benzene rings is 2. The summed E-state index contributed by atoms with van der Waals surface area (Å²) in [7, 11) is 0. The highest BCUT2D eigenvalue weighted by atomic mass is 32.2. The molecule has 0 spiro atoms. The van der Waals surface area contributed by atoms with E-state index in [1.54, 1.807) is 25.6 Å². The van der Waals surface area contributed by atoms with Crippen molar-refractivity contribution in [3.8, 4) is 6.07 Å². The minimum atomic E-state index is -1.12. The third kappa shape index (κ3) is 4.47. The van der Waals surface area contributed by atoms with Crippen LogP contribution in [0.4, 0.5) is 0 Å². The van der Waals surface area contributed by atoms with E-state index >= 15 is 0 Å². The van der Waals surface area contributed by atoms with Gasteiger partial charge >= 0.3 is 11.9 Å². The second-order valence-corrected chi connectivity index (χ2v) is 8.55. The molecule has 0 N–H and O–H groups in total. The minimum absolute atomic E-state index is 0.0884. The highest BCUT2D eigenvalue weighted by molar-refractivity contribution is 7.99. The van der Waals surface area contributed by atoms with Crippen molar-refractivity contribution in [3.63, 3.8) is 0 Å². The van der Waals surface area contributed by atoms with Crippen molar-refractivity contribution < 1.29 is 19.1 Å². The van der Waals surface area contributed by atoms with Gasteiger partial charge in [-0.15, -0.1) is 0 Å². The van der Waals surface area contributed by atoms with Crippen molar-refractivity contribution in [2.45, 2.75) is 36.2 Å². The molecule has 0 saturated heterocycles. The van der Waals surface area contributed by atoms with Crippen LogP contribution < -0.4 is 0 Å². The van der Waals surface area contributed by atoms with Crippen molar-refractivity contribution in [1.82, 2.24) is 0 Å². The van der Waals surface area contributed by atoms with Crippen LogP contribution in [0.5, 0.6) is 0 Å². The lowest BCUT2D eigenvalue weighted by atomic mass is 9.92. The van der Waals surface area contributed by atoms with Crippen LogP contribution >= 0.6 is 11.8 Å². The van der Waals surface area contributed by atoms with Crippen LogP contribution in [-0.4, -0.2) is 24.1 Å². The molecule has 0 saturated carbocycles. The first-order chi connectivity index (χ1) is 14.2. The van der Waals surface area contributed by atoms with E-state index < -0.39 is 17.5 Å². The van der Waals surface area contributed by atoms with Gasteiger partial charge in [0.2, 0.25) is 0 Å². The summed E-state index contributed by atoms with van der Waals surface area (Å²) in [4.78, 5) is 26.6. The maximum atomic E-state index is 13.0. The largest absolute Gasteiger partial charge is 0.458 e. The number of carbonyl (C=O) groups is 2. The molecule has 30 heavy (non-hydrogen) atoms. The molecule has 6 heteroatoms. The Bertz CT molecular complexity index is 1060. The number of ether oxygens (including phenoxy) is 2. The van der Waals surface area contributed by atoms with Crippen LogP contribution in [0, 0.1) is 11.3 Å². The zero-order valence-electron chi connectivity index (χ0n) is 17.0. The van der Waals surface area contributed by atoms with Crippen LogP contribution in [0.3, 0.4) is 0 Å². The van der Waals surface area contributed by atoms with Gasteiger partial charge in [-0.2, -0.15) is 5.26 Å². The molecule has 5 nitrogen and oxygen atoms in total. The van der Waals surface area contributed by atoms with E-state index in [0.717, 1.165) is 20.9 Å². The average Bonchev–Trinajstić information content (AvgIpc) is 2.71. The number of esters is 2. The molecular formula is C24H21NO4S. The van der Waals surface area contributed by atoms with Crippen LogP contribution in [0.2, 0.25) is 0 Å². The predicted octanol–water partition coefficient (Wildman–Crippen LogP) is 4.92. The highest BCUT2D eigenvalue weighted by Crippen LogP contribution is 2.46. The van der Waals surface area contributed by atoms with Crippen LogP contribution in [0.15, 0.2) is 76.0 Å². The van der Waals surface area contributed by atoms with E-state index in [-0.39, 0.29) is 17.8 Å². The molecule has 1 heterocycles. The van der Waals surface area contributed by atoms with Crippen LogP contribution in [0.25, 0.3) is 5.57 Å². The Morgan fingerprint density at radius 2 is 1.57 bits per heavy atom. The molecule has 3 rings (SSSR count). The predicted molar refractivity (Wildman–Crippen MR) is 115 cm³/mol. The Kier molecular flexibility index (Phi) is 6.14. The summed E-state index contributed by atoms with van der Waals surface area (Å²) in [6.07, 6.45) is 0. The molecule has 0 unspecified atom stereocenters. The molecule has 2 aromatic carbocycles. The van der Waals surface area contributed by atoms with E-state index in [9.17, 15) is 14.9 Å². The average molecular weight is 420 g/mol. The van der Waals surface area contributed by atoms with Crippen molar-refractivity contribution >= 4 is 29.3 Å². The standard InChI is InChI=1S/C24H21NO4S/c1-15(2)22(26)28-14-24(3,4)29-23(27)18(13-25)21-16-9-5-7-11-19(16)30-20-12-8-6-10-17(20)21/h5-12H,1,14H2,2-4H3. The van der Waals surface area contributed by atoms with Gasteiger partial charge in [-0.25, -0.2) is 9.59 Å². The van der Waals surface area contributed by atoms with Crippen molar-refractivity contribution in [2.75, 3.05) is 6.61 Å². The summed E-state index contributed by atoms with van der Waals surface area (Å²) >= 11 is 1.59. The quantitative estimate of drug-likeness (QED) is 0.332.